The summed E-state index contributed by atoms with van der Waals surface area (Å²) in [7, 11) is 1.56. The first-order valence-electron chi connectivity index (χ1n) is 15.1. The Labute approximate surface area is 290 Å². The minimum absolute atomic E-state index is 0.0839. The number of nitrogens with one attached hydrogen (secondary N) is 2. The molecule has 0 saturated carbocycles. The average molecular weight is 714 g/mol. The van der Waals surface area contributed by atoms with Gasteiger partial charge in [0.2, 0.25) is 5.95 Å². The molecule has 6 rings (SSSR count). The first kappa shape index (κ1) is 33.7. The average Bonchev–Trinajstić information content (AvgIpc) is 3.77. The van der Waals surface area contributed by atoms with Crippen molar-refractivity contribution < 1.29 is 18.3 Å². The van der Waals surface area contributed by atoms with Crippen LogP contribution in [0.1, 0.15) is 53.9 Å². The molecule has 0 atom stereocenters. The Kier molecular flexibility index (Phi) is 9.90. The van der Waals surface area contributed by atoms with E-state index in [4.69, 9.17) is 32.9 Å². The molecule has 10 nitrogen and oxygen atoms in total. The zero-order valence-electron chi connectivity index (χ0n) is 26.3. The Morgan fingerprint density at radius 2 is 1.83 bits per heavy atom. The number of hydrogen-bond donors (Lipinski definition) is 2. The number of aromatic amines is 1. The maximum absolute atomic E-state index is 15.6. The number of benzene rings is 3. The van der Waals surface area contributed by atoms with Gasteiger partial charge in [0.25, 0.3) is 5.91 Å². The van der Waals surface area contributed by atoms with E-state index in [1.165, 1.54) is 36.0 Å². The third-order valence-electron chi connectivity index (χ3n) is 8.54. The van der Waals surface area contributed by atoms with Crippen molar-refractivity contribution in [1.82, 2.24) is 35.5 Å². The van der Waals surface area contributed by atoms with E-state index < -0.39 is 17.1 Å². The van der Waals surface area contributed by atoms with Gasteiger partial charge in [-0.15, -0.1) is 0 Å². The van der Waals surface area contributed by atoms with Gasteiger partial charge in [-0.25, -0.2) is 18.9 Å². The quantitative estimate of drug-likeness (QED) is 0.149. The highest BCUT2D eigenvalue weighted by Gasteiger charge is 2.31. The molecule has 1 fully saturated rings. The van der Waals surface area contributed by atoms with Crippen LogP contribution in [0.15, 0.2) is 66.0 Å². The highest BCUT2D eigenvalue weighted by molar-refractivity contribution is 7.98. The SMILES string of the molecule is COc1cc(C(C)(C)c2cnc(SCc3c(F)cc(C(=O)NC4CCN(c5nnn[nH]5)CC4)cc3Cl)n2-c2ccc(F)cc2)ccc1Cl. The predicted octanol–water partition coefficient (Wildman–Crippen LogP) is 7.00. The van der Waals surface area contributed by atoms with Crippen molar-refractivity contribution in [1.29, 1.82) is 0 Å². The summed E-state index contributed by atoms with van der Waals surface area (Å²) in [4.78, 5) is 19.8. The molecule has 0 bridgehead atoms. The number of piperidine rings is 1. The highest BCUT2D eigenvalue weighted by atomic mass is 35.5. The fraction of sp³-hybridized carbons (Fsp3) is 0.303. The smallest absolute Gasteiger partial charge is 0.251 e. The summed E-state index contributed by atoms with van der Waals surface area (Å²) < 4.78 is 36.9. The Hall–Kier alpha value is -4.20. The van der Waals surface area contributed by atoms with Gasteiger partial charge in [-0.05, 0) is 77.4 Å². The zero-order valence-corrected chi connectivity index (χ0v) is 28.6. The van der Waals surface area contributed by atoms with E-state index in [1.807, 2.05) is 35.4 Å². The predicted molar refractivity (Wildman–Crippen MR) is 182 cm³/mol. The van der Waals surface area contributed by atoms with Gasteiger partial charge < -0.3 is 15.0 Å². The van der Waals surface area contributed by atoms with Crippen molar-refractivity contribution in [2.24, 2.45) is 0 Å². The van der Waals surface area contributed by atoms with Crippen molar-refractivity contribution in [3.63, 3.8) is 0 Å². The number of thioether (sulfide) groups is 1. The second-order valence-corrected chi connectivity index (χ2v) is 13.6. The minimum atomic E-state index is -0.597. The molecule has 250 valence electrons. The van der Waals surface area contributed by atoms with E-state index in [9.17, 15) is 9.18 Å². The number of anilines is 1. The van der Waals surface area contributed by atoms with Crippen LogP contribution in [0, 0.1) is 11.6 Å². The maximum atomic E-state index is 15.6. The van der Waals surface area contributed by atoms with Crippen molar-refractivity contribution in [3.8, 4) is 11.4 Å². The summed E-state index contributed by atoms with van der Waals surface area (Å²) in [5, 5.41) is 18.0. The Balaban J connectivity index is 1.21. The van der Waals surface area contributed by atoms with Crippen molar-refractivity contribution in [3.05, 3.63) is 105 Å². The Morgan fingerprint density at radius 3 is 2.50 bits per heavy atom. The Bertz CT molecular complexity index is 1890. The molecule has 15 heteroatoms. The van der Waals surface area contributed by atoms with Crippen LogP contribution < -0.4 is 15.0 Å². The van der Waals surface area contributed by atoms with E-state index >= 15 is 4.39 Å². The molecule has 0 aliphatic carbocycles. The molecule has 48 heavy (non-hydrogen) atoms. The number of carbonyl (C=O) groups excluding carboxylic acids is 1. The monoisotopic (exact) mass is 712 g/mol. The highest BCUT2D eigenvalue weighted by Crippen LogP contribution is 2.40. The van der Waals surface area contributed by atoms with Crippen LogP contribution in [-0.4, -0.2) is 62.3 Å². The standard InChI is InChI=1S/C33H32Cl2F2N8O2S/c1-33(2,20-4-9-25(34)28(16-20)47-3)29-17-38-32(45(29)23-7-5-21(36)6-8-23)48-18-24-26(35)14-19(15-27(24)37)30(46)39-22-10-12-44(13-11-22)31-40-42-43-41-31/h4-9,14-17,22H,10-13,18H2,1-3H3,(H,39,46)(H,40,41,42,43). The Morgan fingerprint density at radius 1 is 1.08 bits per heavy atom. The number of methoxy groups -OCH3 is 1. The molecule has 2 aromatic heterocycles. The summed E-state index contributed by atoms with van der Waals surface area (Å²) in [6, 6.07) is 14.3. The molecule has 2 N–H and O–H groups in total. The fourth-order valence-electron chi connectivity index (χ4n) is 5.71. The third kappa shape index (κ3) is 6.99. The molecule has 1 aliphatic heterocycles. The van der Waals surface area contributed by atoms with E-state index in [0.29, 0.717) is 53.5 Å². The molecular formula is C33H32Cl2F2N8O2S. The van der Waals surface area contributed by atoms with E-state index in [-0.39, 0.29) is 33.8 Å². The van der Waals surface area contributed by atoms with Gasteiger partial charge in [0, 0.05) is 52.1 Å². The molecule has 0 spiro atoms. The first-order valence-corrected chi connectivity index (χ1v) is 16.9. The normalized spacial score (nSPS) is 13.9. The lowest BCUT2D eigenvalue weighted by molar-refractivity contribution is 0.0930. The summed E-state index contributed by atoms with van der Waals surface area (Å²) in [6.45, 7) is 5.40. The van der Waals surface area contributed by atoms with Gasteiger partial charge in [0.15, 0.2) is 5.16 Å². The summed E-state index contributed by atoms with van der Waals surface area (Å²) in [5.41, 5.74) is 2.20. The zero-order chi connectivity index (χ0) is 34.0. The van der Waals surface area contributed by atoms with E-state index in [1.54, 1.807) is 31.5 Å². The van der Waals surface area contributed by atoms with Crippen LogP contribution in [0.3, 0.4) is 0 Å². The molecule has 1 saturated heterocycles. The molecule has 1 aliphatic rings. The van der Waals surface area contributed by atoms with Gasteiger partial charge in [-0.1, -0.05) is 60.0 Å². The van der Waals surface area contributed by atoms with Crippen LogP contribution in [-0.2, 0) is 11.2 Å². The van der Waals surface area contributed by atoms with Crippen LogP contribution >= 0.6 is 35.0 Å². The topological polar surface area (TPSA) is 114 Å². The summed E-state index contributed by atoms with van der Waals surface area (Å²) in [6.07, 6.45) is 3.12. The van der Waals surface area contributed by atoms with Crippen LogP contribution in [0.5, 0.6) is 5.75 Å². The number of H-pyrrole nitrogens is 1. The number of ether oxygens (including phenoxy) is 1. The molecule has 3 aromatic carbocycles. The number of hydrogen-bond acceptors (Lipinski definition) is 8. The molecule has 0 unspecified atom stereocenters. The number of imidazole rings is 1. The van der Waals surface area contributed by atoms with Crippen LogP contribution in [0.25, 0.3) is 5.69 Å². The van der Waals surface area contributed by atoms with E-state index in [2.05, 4.69) is 25.9 Å². The lowest BCUT2D eigenvalue weighted by Crippen LogP contribution is -2.45. The van der Waals surface area contributed by atoms with Gasteiger partial charge in [0.05, 0.1) is 24.0 Å². The van der Waals surface area contributed by atoms with Crippen molar-refractivity contribution in [2.45, 2.75) is 49.1 Å². The minimum Gasteiger partial charge on any atom is -0.495 e. The third-order valence-corrected chi connectivity index (χ3v) is 10.2. The number of amides is 1. The largest absolute Gasteiger partial charge is 0.495 e. The lowest BCUT2D eigenvalue weighted by Gasteiger charge is -2.31. The maximum Gasteiger partial charge on any atom is 0.251 e. The van der Waals surface area contributed by atoms with Gasteiger partial charge in [-0.3, -0.25) is 9.36 Å². The summed E-state index contributed by atoms with van der Waals surface area (Å²) >= 11 is 14.2. The number of tetrazole rings is 1. The number of rotatable bonds is 10. The molecule has 5 aromatic rings. The van der Waals surface area contributed by atoms with Crippen molar-refractivity contribution in [2.75, 3.05) is 25.1 Å². The number of aromatic nitrogens is 6. The van der Waals surface area contributed by atoms with Gasteiger partial charge in [-0.2, -0.15) is 0 Å². The molecule has 0 radical (unpaired) electrons. The number of nitrogens with zero attached hydrogens (tertiary/aromatic N) is 6. The first-order chi connectivity index (χ1) is 23.0. The second-order valence-electron chi connectivity index (χ2n) is 11.9. The second kappa shape index (κ2) is 14.1. The van der Waals surface area contributed by atoms with Gasteiger partial charge in [0.1, 0.15) is 17.4 Å². The molecule has 1 amide bonds. The van der Waals surface area contributed by atoms with E-state index in [0.717, 1.165) is 11.3 Å². The summed E-state index contributed by atoms with van der Waals surface area (Å²) in [5.74, 6) is -0.103. The molecule has 3 heterocycles. The van der Waals surface area contributed by atoms with Crippen molar-refractivity contribution >= 4 is 46.8 Å². The van der Waals surface area contributed by atoms with Crippen LogP contribution in [0.4, 0.5) is 14.7 Å². The van der Waals surface area contributed by atoms with Gasteiger partial charge >= 0.3 is 0 Å². The number of carbonyl (C=O) groups is 1. The fourth-order valence-corrected chi connectivity index (χ4v) is 7.29. The van der Waals surface area contributed by atoms with Crippen LogP contribution in [0.2, 0.25) is 10.0 Å². The molecular weight excluding hydrogens is 681 g/mol. The number of halogens is 4. The lowest BCUT2D eigenvalue weighted by atomic mass is 9.81.